The number of nitrogens with one attached hydrogen (secondary N) is 5. The molecular weight excluding hydrogens is 1000 g/mol. The van der Waals surface area contributed by atoms with Gasteiger partial charge >= 0.3 is 0 Å². The summed E-state index contributed by atoms with van der Waals surface area (Å²) in [5.74, 6) is -5.11. The standard InChI is InChI=1S/C54H64FN9O11S/c1-30-46(76-29-60-30)33-10-11-34(26-59-49(71)40-24-35(65)27-64(40)51(73)47(53(2,3)4)62-52(74)54(55)17-18-54)43(23-33)75-28-45(69)57-19-16-44(68)58-20-21-63(5)50(72)37-14-12-32(22-42(37)67)41(66)25-38(56)48(70)61-39-15-13-31-8-6-7-9-36(31)39/h6-12,14,22-23,25,29,35,39-40,47,65,67H,13,15-21,24,26-28,56H2,1-5H3,(H,57,69)(H,58,68)(H,59,71)(H,61,70)(H,62,74)/t35-,39-,40+,47-/m1/s1. The lowest BCUT2D eigenvalue weighted by molar-refractivity contribution is -0.145. The third kappa shape index (κ3) is 13.8. The van der Waals surface area contributed by atoms with Crippen molar-refractivity contribution in [2.75, 3.05) is 39.8 Å². The molecule has 4 aromatic rings. The summed E-state index contributed by atoms with van der Waals surface area (Å²) in [4.78, 5) is 113. The van der Waals surface area contributed by atoms with Gasteiger partial charge in [-0.1, -0.05) is 57.2 Å². The minimum atomic E-state index is -2.03. The number of halogens is 1. The molecule has 3 aromatic carbocycles. The van der Waals surface area contributed by atoms with Crippen molar-refractivity contribution in [3.8, 4) is 21.9 Å². The molecule has 76 heavy (non-hydrogen) atoms. The molecule has 0 bridgehead atoms. The van der Waals surface area contributed by atoms with Gasteiger partial charge in [0.1, 0.15) is 29.3 Å². The molecule has 1 aliphatic heterocycles. The van der Waals surface area contributed by atoms with E-state index in [1.165, 1.54) is 40.3 Å². The first-order valence-electron chi connectivity index (χ1n) is 25.0. The number of ketones is 1. The third-order valence-corrected chi connectivity index (χ3v) is 14.5. The van der Waals surface area contributed by atoms with Gasteiger partial charge < -0.3 is 57.1 Å². The average Bonchev–Trinajstić information content (AvgIpc) is 3.62. The maximum atomic E-state index is 14.6. The quantitative estimate of drug-likeness (QED) is 0.0441. The summed E-state index contributed by atoms with van der Waals surface area (Å²) in [7, 11) is 1.47. The van der Waals surface area contributed by atoms with E-state index in [1.807, 2.05) is 37.3 Å². The fraction of sp³-hybridized carbons (Fsp3) is 0.426. The Kier molecular flexibility index (Phi) is 17.6. The minimum Gasteiger partial charge on any atom is -0.507 e. The molecule has 3 aliphatic rings. The number of aryl methyl sites for hydroxylation is 2. The van der Waals surface area contributed by atoms with E-state index in [0.29, 0.717) is 12.0 Å². The summed E-state index contributed by atoms with van der Waals surface area (Å²) in [5, 5.41) is 34.9. The Balaban J connectivity index is 0.862. The van der Waals surface area contributed by atoms with Gasteiger partial charge in [-0.3, -0.25) is 38.4 Å². The lowest BCUT2D eigenvalue weighted by Crippen LogP contribution is -2.59. The fourth-order valence-electron chi connectivity index (χ4n) is 8.95. The van der Waals surface area contributed by atoms with E-state index in [9.17, 15) is 53.0 Å². The summed E-state index contributed by atoms with van der Waals surface area (Å²) in [5.41, 5.74) is 8.50. The van der Waals surface area contributed by atoms with Gasteiger partial charge in [-0.05, 0) is 79.0 Å². The van der Waals surface area contributed by atoms with Gasteiger partial charge in [-0.25, -0.2) is 9.37 Å². The summed E-state index contributed by atoms with van der Waals surface area (Å²) < 4.78 is 20.6. The van der Waals surface area contributed by atoms with Gasteiger partial charge in [0.25, 0.3) is 23.6 Å². The first-order chi connectivity index (χ1) is 36.0. The van der Waals surface area contributed by atoms with Crippen molar-refractivity contribution in [2.24, 2.45) is 11.1 Å². The van der Waals surface area contributed by atoms with Crippen molar-refractivity contribution in [2.45, 2.75) is 103 Å². The number of nitrogens with zero attached hydrogens (tertiary/aromatic N) is 3. The van der Waals surface area contributed by atoms with Crippen LogP contribution in [0.2, 0.25) is 0 Å². The van der Waals surface area contributed by atoms with Gasteiger partial charge in [-0.2, -0.15) is 0 Å². The molecular formula is C54H64FN9O11S. The lowest BCUT2D eigenvalue weighted by atomic mass is 9.85. The molecule has 20 nitrogen and oxygen atoms in total. The summed E-state index contributed by atoms with van der Waals surface area (Å²) in [6.07, 6.45) is 1.40. The Morgan fingerprint density at radius 3 is 2.43 bits per heavy atom. The Labute approximate surface area is 443 Å². The molecule has 404 valence electrons. The number of hydrogen-bond donors (Lipinski definition) is 8. The van der Waals surface area contributed by atoms with Crippen LogP contribution in [0.4, 0.5) is 4.39 Å². The molecule has 4 atom stereocenters. The van der Waals surface area contributed by atoms with Crippen molar-refractivity contribution < 1.29 is 57.7 Å². The number of ether oxygens (including phenoxy) is 1. The SMILES string of the molecule is Cc1ncsc1-c1ccc(CNC(=O)[C@@H]2C[C@@H](O)CN2C(=O)[C@@H](NC(=O)C2(F)CC2)C(C)(C)C)c(OCC(=O)NCCC(=O)NCCN(C)C(=O)c2ccc(C(=O)C=C(N)C(=O)N[C@@H]3CCc4ccccc43)cc2O)c1. The van der Waals surface area contributed by atoms with E-state index in [1.54, 1.807) is 38.4 Å². The van der Waals surface area contributed by atoms with E-state index < -0.39 is 88.8 Å². The van der Waals surface area contributed by atoms with E-state index in [4.69, 9.17) is 10.5 Å². The van der Waals surface area contributed by atoms with Crippen molar-refractivity contribution in [3.05, 3.63) is 111 Å². The number of nitrogens with two attached hydrogens (primary N) is 1. The number of aliphatic hydroxyl groups excluding tert-OH is 1. The van der Waals surface area contributed by atoms with E-state index in [0.717, 1.165) is 45.8 Å². The van der Waals surface area contributed by atoms with Crippen LogP contribution >= 0.6 is 11.3 Å². The van der Waals surface area contributed by atoms with Crippen LogP contribution in [0.15, 0.2) is 77.9 Å². The lowest BCUT2D eigenvalue weighted by Gasteiger charge is -2.35. The van der Waals surface area contributed by atoms with Gasteiger partial charge in [0.05, 0.1) is 33.8 Å². The number of thiazole rings is 1. The highest BCUT2D eigenvalue weighted by molar-refractivity contribution is 7.13. The van der Waals surface area contributed by atoms with Crippen LogP contribution in [0, 0.1) is 12.3 Å². The van der Waals surface area contributed by atoms with Crippen molar-refractivity contribution in [3.63, 3.8) is 0 Å². The van der Waals surface area contributed by atoms with Gasteiger partial charge in [0.15, 0.2) is 18.1 Å². The molecule has 9 N–H and O–H groups in total. The molecule has 0 spiro atoms. The van der Waals surface area contributed by atoms with Crippen LogP contribution in [-0.4, -0.2) is 136 Å². The monoisotopic (exact) mass is 1070 g/mol. The number of likely N-dealkylation sites (tertiary alicyclic amines) is 1. The largest absolute Gasteiger partial charge is 0.507 e. The number of phenolic OH excluding ortho intramolecular Hbond substituents is 1. The molecule has 0 radical (unpaired) electrons. The number of β-amino-alcohol motifs (C(OH)–C–C–N with tert-alkyl or cyclic N) is 1. The smallest absolute Gasteiger partial charge is 0.267 e. The predicted octanol–water partition coefficient (Wildman–Crippen LogP) is 3.04. The highest BCUT2D eigenvalue weighted by Crippen LogP contribution is 2.41. The number of carbonyl (C=O) groups excluding carboxylic acids is 8. The van der Waals surface area contributed by atoms with E-state index >= 15 is 0 Å². The van der Waals surface area contributed by atoms with Crippen molar-refractivity contribution in [1.82, 2.24) is 41.4 Å². The number of aromatic nitrogens is 1. The molecule has 1 saturated carbocycles. The van der Waals surface area contributed by atoms with Crippen molar-refractivity contribution in [1.29, 1.82) is 0 Å². The highest BCUT2D eigenvalue weighted by Gasteiger charge is 2.53. The minimum absolute atomic E-state index is 0.00169. The number of allylic oxidation sites excluding steroid dienone is 1. The second kappa shape index (κ2) is 23.9. The molecule has 1 aromatic heterocycles. The molecule has 7 rings (SSSR count). The number of amides is 7. The zero-order valence-electron chi connectivity index (χ0n) is 43.0. The fourth-order valence-corrected chi connectivity index (χ4v) is 9.75. The maximum absolute atomic E-state index is 14.6. The number of aromatic hydroxyl groups is 1. The van der Waals surface area contributed by atoms with Gasteiger partial charge in [0, 0.05) is 69.8 Å². The maximum Gasteiger partial charge on any atom is 0.267 e. The van der Waals surface area contributed by atoms with E-state index in [-0.39, 0.29) is 87.0 Å². The van der Waals surface area contributed by atoms with Gasteiger partial charge in [-0.15, -0.1) is 11.3 Å². The molecule has 2 fully saturated rings. The van der Waals surface area contributed by atoms with Crippen LogP contribution < -0.4 is 37.1 Å². The van der Waals surface area contributed by atoms with Crippen LogP contribution in [-0.2, 0) is 41.7 Å². The first-order valence-corrected chi connectivity index (χ1v) is 25.8. The second-order valence-electron chi connectivity index (χ2n) is 20.4. The molecule has 1 saturated heterocycles. The Hall–Kier alpha value is -7.72. The van der Waals surface area contributed by atoms with Gasteiger partial charge in [0.2, 0.25) is 17.7 Å². The Morgan fingerprint density at radius 1 is 1.00 bits per heavy atom. The number of alkyl halides is 1. The molecule has 2 heterocycles. The number of fused-ring (bicyclic) bond motifs is 1. The van der Waals surface area contributed by atoms with E-state index in [2.05, 4.69) is 31.6 Å². The Morgan fingerprint density at radius 2 is 1.74 bits per heavy atom. The van der Waals surface area contributed by atoms with Crippen LogP contribution in [0.5, 0.6) is 11.5 Å². The topological polar surface area (TPSA) is 292 Å². The molecule has 0 unspecified atom stereocenters. The van der Waals surface area contributed by atoms with Crippen LogP contribution in [0.3, 0.4) is 0 Å². The number of hydrogen-bond acceptors (Lipinski definition) is 14. The second-order valence-corrected chi connectivity index (χ2v) is 21.2. The number of phenols is 1. The third-order valence-electron chi connectivity index (χ3n) is 13.5. The number of benzene rings is 3. The predicted molar refractivity (Wildman–Crippen MR) is 278 cm³/mol. The zero-order chi connectivity index (χ0) is 55.1. The zero-order valence-corrected chi connectivity index (χ0v) is 43.8. The number of likely N-dealkylation sites (N-methyl/N-ethyl adjacent to an activating group) is 1. The van der Waals surface area contributed by atoms with Crippen LogP contribution in [0.25, 0.3) is 10.4 Å². The molecule has 22 heteroatoms. The number of carbonyl (C=O) groups is 8. The van der Waals surface area contributed by atoms with Crippen molar-refractivity contribution >= 4 is 58.5 Å². The number of rotatable bonds is 21. The molecule has 7 amide bonds. The molecule has 2 aliphatic carbocycles. The summed E-state index contributed by atoms with van der Waals surface area (Å²) in [6.45, 7) is 6.29. The summed E-state index contributed by atoms with van der Waals surface area (Å²) >= 11 is 1.40. The Bertz CT molecular complexity index is 2930. The number of aliphatic hydroxyl groups is 1. The highest BCUT2D eigenvalue weighted by atomic mass is 32.1. The normalized spacial score (nSPS) is 17.9. The first kappa shape index (κ1) is 56.0. The average molecular weight is 1070 g/mol. The summed E-state index contributed by atoms with van der Waals surface area (Å²) in [6, 6.07) is 14.2. The van der Waals surface area contributed by atoms with Crippen LogP contribution in [0.1, 0.15) is 102 Å².